The van der Waals surface area contributed by atoms with Crippen molar-refractivity contribution in [1.29, 1.82) is 0 Å². The number of urea groups is 1. The van der Waals surface area contributed by atoms with Gasteiger partial charge in [0.2, 0.25) is 0 Å². The van der Waals surface area contributed by atoms with Gasteiger partial charge in [-0.05, 0) is 19.1 Å². The van der Waals surface area contributed by atoms with Crippen molar-refractivity contribution < 1.29 is 9.59 Å². The standard InChI is InChI=1S/C13H17ClN4O2/c1-2-15-13(20)18-7-5-17(6-8-18)12(19)10-3-4-16-11(14)9-10/h3-4,9H,2,5-8H2,1H3,(H,15,20). The minimum absolute atomic E-state index is 0.0773. The van der Waals surface area contributed by atoms with Crippen molar-refractivity contribution in [2.45, 2.75) is 6.92 Å². The van der Waals surface area contributed by atoms with Crippen molar-refractivity contribution in [1.82, 2.24) is 20.1 Å². The predicted molar refractivity (Wildman–Crippen MR) is 75.8 cm³/mol. The molecule has 1 aromatic rings. The summed E-state index contributed by atoms with van der Waals surface area (Å²) < 4.78 is 0. The van der Waals surface area contributed by atoms with Gasteiger partial charge in [0.25, 0.3) is 5.91 Å². The number of piperazine rings is 1. The summed E-state index contributed by atoms with van der Waals surface area (Å²) in [6, 6.07) is 3.12. The molecule has 3 amide bonds. The molecule has 0 atom stereocenters. The highest BCUT2D eigenvalue weighted by Gasteiger charge is 2.24. The van der Waals surface area contributed by atoms with Gasteiger partial charge in [0, 0.05) is 44.5 Å². The fourth-order valence-corrected chi connectivity index (χ4v) is 2.27. The van der Waals surface area contributed by atoms with Crippen molar-refractivity contribution in [3.05, 3.63) is 29.0 Å². The van der Waals surface area contributed by atoms with Crippen molar-refractivity contribution in [3.8, 4) is 0 Å². The van der Waals surface area contributed by atoms with Crippen LogP contribution in [0.1, 0.15) is 17.3 Å². The van der Waals surface area contributed by atoms with Gasteiger partial charge in [-0.15, -0.1) is 0 Å². The molecule has 6 nitrogen and oxygen atoms in total. The Hall–Kier alpha value is -1.82. The van der Waals surface area contributed by atoms with Crippen molar-refractivity contribution >= 4 is 23.5 Å². The fourth-order valence-electron chi connectivity index (χ4n) is 2.09. The van der Waals surface area contributed by atoms with Gasteiger partial charge in [0.05, 0.1) is 0 Å². The first-order valence-electron chi connectivity index (χ1n) is 6.55. The van der Waals surface area contributed by atoms with Gasteiger partial charge in [-0.3, -0.25) is 4.79 Å². The Morgan fingerprint density at radius 2 is 1.95 bits per heavy atom. The molecule has 1 aromatic heterocycles. The van der Waals surface area contributed by atoms with Crippen LogP contribution in [0.25, 0.3) is 0 Å². The lowest BCUT2D eigenvalue weighted by atomic mass is 10.2. The zero-order valence-electron chi connectivity index (χ0n) is 11.3. The molecule has 0 aliphatic carbocycles. The van der Waals surface area contributed by atoms with Crippen molar-refractivity contribution in [2.75, 3.05) is 32.7 Å². The summed E-state index contributed by atoms with van der Waals surface area (Å²) in [5, 5.41) is 3.06. The van der Waals surface area contributed by atoms with Crippen LogP contribution in [0.2, 0.25) is 5.15 Å². The maximum atomic E-state index is 12.3. The first-order chi connectivity index (χ1) is 9.61. The summed E-state index contributed by atoms with van der Waals surface area (Å²) >= 11 is 5.78. The van der Waals surface area contributed by atoms with Crippen LogP contribution in [0.15, 0.2) is 18.3 Å². The summed E-state index contributed by atoms with van der Waals surface area (Å²) in [7, 11) is 0. The Bertz CT molecular complexity index is 501. The molecule has 0 bridgehead atoms. The summed E-state index contributed by atoms with van der Waals surface area (Å²) in [6.07, 6.45) is 1.51. The summed E-state index contributed by atoms with van der Waals surface area (Å²) in [4.78, 5) is 31.2. The molecule has 7 heteroatoms. The number of carbonyl (C=O) groups excluding carboxylic acids is 2. The molecule has 20 heavy (non-hydrogen) atoms. The van der Waals surface area contributed by atoms with Crippen LogP contribution in [-0.2, 0) is 0 Å². The van der Waals surface area contributed by atoms with Gasteiger partial charge >= 0.3 is 6.03 Å². The largest absolute Gasteiger partial charge is 0.338 e. The molecule has 0 aromatic carbocycles. The Morgan fingerprint density at radius 1 is 1.30 bits per heavy atom. The number of amides is 3. The molecule has 108 valence electrons. The number of nitrogens with one attached hydrogen (secondary N) is 1. The number of pyridine rings is 1. The molecule has 0 unspecified atom stereocenters. The maximum absolute atomic E-state index is 12.3. The van der Waals surface area contributed by atoms with E-state index < -0.39 is 0 Å². The normalized spacial score (nSPS) is 15.1. The van der Waals surface area contributed by atoms with Crippen LogP contribution >= 0.6 is 11.6 Å². The lowest BCUT2D eigenvalue weighted by molar-refractivity contribution is 0.0665. The molecule has 0 spiro atoms. The van der Waals surface area contributed by atoms with E-state index in [2.05, 4.69) is 10.3 Å². The smallest absolute Gasteiger partial charge is 0.317 e. The third-order valence-electron chi connectivity index (χ3n) is 3.16. The van der Waals surface area contributed by atoms with Crippen molar-refractivity contribution in [3.63, 3.8) is 0 Å². The molecule has 1 aliphatic heterocycles. The number of carbonyl (C=O) groups is 2. The second kappa shape index (κ2) is 6.56. The lowest BCUT2D eigenvalue weighted by Gasteiger charge is -2.34. The average molecular weight is 297 g/mol. The number of aromatic nitrogens is 1. The Labute approximate surface area is 122 Å². The van der Waals surface area contributed by atoms with E-state index in [4.69, 9.17) is 11.6 Å². The molecule has 1 saturated heterocycles. The van der Waals surface area contributed by atoms with Gasteiger partial charge in [-0.2, -0.15) is 0 Å². The third kappa shape index (κ3) is 3.39. The predicted octanol–water partition coefficient (Wildman–Crippen LogP) is 1.22. The molecule has 1 N–H and O–H groups in total. The van der Waals surface area contributed by atoms with E-state index in [1.165, 1.54) is 6.20 Å². The quantitative estimate of drug-likeness (QED) is 0.835. The number of hydrogen-bond donors (Lipinski definition) is 1. The summed E-state index contributed by atoms with van der Waals surface area (Å²) in [5.74, 6) is -0.0788. The first kappa shape index (κ1) is 14.6. The number of nitrogens with zero attached hydrogens (tertiary/aromatic N) is 3. The fraction of sp³-hybridized carbons (Fsp3) is 0.462. The van der Waals surface area contributed by atoms with Crippen LogP contribution in [0.4, 0.5) is 4.79 Å². The van der Waals surface area contributed by atoms with E-state index in [9.17, 15) is 9.59 Å². The van der Waals surface area contributed by atoms with Gasteiger partial charge in [0.15, 0.2) is 0 Å². The number of halogens is 1. The molecule has 0 radical (unpaired) electrons. The van der Waals surface area contributed by atoms with Gasteiger partial charge < -0.3 is 15.1 Å². The average Bonchev–Trinajstić information content (AvgIpc) is 2.47. The topological polar surface area (TPSA) is 65.5 Å². The maximum Gasteiger partial charge on any atom is 0.317 e. The van der Waals surface area contributed by atoms with Gasteiger partial charge in [-0.1, -0.05) is 11.6 Å². The SMILES string of the molecule is CCNC(=O)N1CCN(C(=O)c2ccnc(Cl)c2)CC1. The highest BCUT2D eigenvalue weighted by molar-refractivity contribution is 6.29. The number of hydrogen-bond acceptors (Lipinski definition) is 3. The zero-order valence-corrected chi connectivity index (χ0v) is 12.1. The molecular weight excluding hydrogens is 280 g/mol. The highest BCUT2D eigenvalue weighted by atomic mass is 35.5. The summed E-state index contributed by atoms with van der Waals surface area (Å²) in [6.45, 7) is 4.61. The van der Waals surface area contributed by atoms with Gasteiger partial charge in [-0.25, -0.2) is 9.78 Å². The number of rotatable bonds is 2. The molecule has 1 fully saturated rings. The Morgan fingerprint density at radius 3 is 2.55 bits per heavy atom. The second-order valence-electron chi connectivity index (χ2n) is 4.48. The molecule has 2 rings (SSSR count). The molecular formula is C13H17ClN4O2. The van der Waals surface area contributed by atoms with Crippen LogP contribution in [-0.4, -0.2) is 59.4 Å². The van der Waals surface area contributed by atoms with Crippen LogP contribution < -0.4 is 5.32 Å². The Balaban J connectivity index is 1.93. The van der Waals surface area contributed by atoms with E-state index in [-0.39, 0.29) is 11.9 Å². The van der Waals surface area contributed by atoms with Gasteiger partial charge in [0.1, 0.15) is 5.15 Å². The van der Waals surface area contributed by atoms with Crippen LogP contribution in [0.3, 0.4) is 0 Å². The van der Waals surface area contributed by atoms with Crippen LogP contribution in [0, 0.1) is 0 Å². The monoisotopic (exact) mass is 296 g/mol. The van der Waals surface area contributed by atoms with E-state index >= 15 is 0 Å². The van der Waals surface area contributed by atoms with E-state index in [1.807, 2.05) is 6.92 Å². The minimum Gasteiger partial charge on any atom is -0.338 e. The molecule has 1 aliphatic rings. The third-order valence-corrected chi connectivity index (χ3v) is 3.36. The van der Waals surface area contributed by atoms with Crippen LogP contribution in [0.5, 0.6) is 0 Å². The molecule has 0 saturated carbocycles. The van der Waals surface area contributed by atoms with Crippen molar-refractivity contribution in [2.24, 2.45) is 0 Å². The highest BCUT2D eigenvalue weighted by Crippen LogP contribution is 2.12. The lowest BCUT2D eigenvalue weighted by Crippen LogP contribution is -2.53. The minimum atomic E-state index is -0.0788. The summed E-state index contributed by atoms with van der Waals surface area (Å²) in [5.41, 5.74) is 0.524. The Kier molecular flexibility index (Phi) is 4.79. The second-order valence-corrected chi connectivity index (χ2v) is 4.87. The van der Waals surface area contributed by atoms with E-state index in [0.717, 1.165) is 0 Å². The molecule has 2 heterocycles. The first-order valence-corrected chi connectivity index (χ1v) is 6.93. The van der Waals surface area contributed by atoms with E-state index in [0.29, 0.717) is 43.4 Å². The zero-order chi connectivity index (χ0) is 14.5. The van der Waals surface area contributed by atoms with E-state index in [1.54, 1.807) is 21.9 Å².